The Kier molecular flexibility index (Phi) is 4.85. The van der Waals surface area contributed by atoms with E-state index in [1.54, 1.807) is 6.07 Å². The van der Waals surface area contributed by atoms with E-state index in [0.717, 1.165) is 0 Å². The van der Waals surface area contributed by atoms with E-state index in [0.29, 0.717) is 16.9 Å². The van der Waals surface area contributed by atoms with Gasteiger partial charge in [-0.15, -0.1) is 6.42 Å². The van der Waals surface area contributed by atoms with E-state index in [9.17, 15) is 8.78 Å². The van der Waals surface area contributed by atoms with Crippen LogP contribution in [0.25, 0.3) is 11.0 Å². The Morgan fingerprint density at radius 1 is 1.12 bits per heavy atom. The molecule has 132 valence electrons. The van der Waals surface area contributed by atoms with Crippen LogP contribution < -0.4 is 14.4 Å². The Bertz CT molecular complexity index is 1000. The van der Waals surface area contributed by atoms with Gasteiger partial charge < -0.3 is 14.4 Å². The number of rotatable bonds is 5. The molecular weight excluding hydrogens is 340 g/mol. The highest BCUT2D eigenvalue weighted by atomic mass is 19.1. The van der Waals surface area contributed by atoms with Gasteiger partial charge in [0.05, 0.1) is 43.7 Å². The van der Waals surface area contributed by atoms with Gasteiger partial charge in [-0.2, -0.15) is 4.39 Å². The lowest BCUT2D eigenvalue weighted by Gasteiger charge is -2.23. The van der Waals surface area contributed by atoms with Crippen LogP contribution in [0.2, 0.25) is 0 Å². The molecule has 3 aromatic rings. The van der Waals surface area contributed by atoms with Gasteiger partial charge in [-0.3, -0.25) is 4.98 Å². The fraction of sp³-hybridized carbons (Fsp3) is 0.158. The Morgan fingerprint density at radius 2 is 1.85 bits per heavy atom. The highest BCUT2D eigenvalue weighted by molar-refractivity contribution is 5.77. The highest BCUT2D eigenvalue weighted by Crippen LogP contribution is 2.39. The molecule has 0 spiro atoms. The van der Waals surface area contributed by atoms with Crippen molar-refractivity contribution in [3.05, 3.63) is 48.2 Å². The molecule has 5 nitrogen and oxygen atoms in total. The molecule has 0 aliphatic rings. The topological polar surface area (TPSA) is 47.5 Å². The smallest absolute Gasteiger partial charge is 0.210 e. The minimum Gasteiger partial charge on any atom is -0.493 e. The molecule has 3 rings (SSSR count). The summed E-state index contributed by atoms with van der Waals surface area (Å²) >= 11 is 0. The third-order valence-electron chi connectivity index (χ3n) is 3.78. The van der Waals surface area contributed by atoms with E-state index in [-0.39, 0.29) is 18.0 Å². The Hall–Kier alpha value is -3.40. The summed E-state index contributed by atoms with van der Waals surface area (Å²) in [4.78, 5) is 10.2. The number of anilines is 2. The molecule has 0 aliphatic heterocycles. The van der Waals surface area contributed by atoms with Crippen molar-refractivity contribution in [2.75, 3.05) is 25.7 Å². The number of benzene rings is 2. The zero-order valence-corrected chi connectivity index (χ0v) is 14.2. The molecule has 2 aromatic carbocycles. The number of halogens is 2. The molecule has 0 fully saturated rings. The standard InChI is InChI=1S/C19H15F2N3O2/c1-4-9-24(16-11-22-12-7-5-6-8-13(12)23-16)14-10-15(25-2)18(21)19(26-3)17(14)20/h1,5-8,10-11H,9H2,2-3H3. The average molecular weight is 355 g/mol. The van der Waals surface area contributed by atoms with E-state index in [1.165, 1.54) is 31.4 Å². The summed E-state index contributed by atoms with van der Waals surface area (Å²) in [6, 6.07) is 8.45. The van der Waals surface area contributed by atoms with Crippen LogP contribution in [0.5, 0.6) is 11.5 Å². The zero-order chi connectivity index (χ0) is 18.7. The summed E-state index contributed by atoms with van der Waals surface area (Å²) in [5, 5.41) is 0. The van der Waals surface area contributed by atoms with Gasteiger partial charge >= 0.3 is 0 Å². The summed E-state index contributed by atoms with van der Waals surface area (Å²) in [6.07, 6.45) is 6.91. The Labute approximate surface area is 149 Å². The van der Waals surface area contributed by atoms with E-state index in [1.807, 2.05) is 18.2 Å². The number of hydrogen-bond acceptors (Lipinski definition) is 5. The molecule has 0 radical (unpaired) electrons. The maximum atomic E-state index is 14.8. The summed E-state index contributed by atoms with van der Waals surface area (Å²) < 4.78 is 38.9. The second kappa shape index (κ2) is 7.23. The summed E-state index contributed by atoms with van der Waals surface area (Å²) in [5.41, 5.74) is 1.28. The van der Waals surface area contributed by atoms with Crippen LogP contribution in [0.1, 0.15) is 0 Å². The first-order valence-electron chi connectivity index (χ1n) is 7.63. The van der Waals surface area contributed by atoms with E-state index < -0.39 is 17.4 Å². The quantitative estimate of drug-likeness (QED) is 0.653. The largest absolute Gasteiger partial charge is 0.493 e. The number of terminal acetylenes is 1. The van der Waals surface area contributed by atoms with Gasteiger partial charge in [0.1, 0.15) is 0 Å². The van der Waals surface area contributed by atoms with Crippen molar-refractivity contribution in [3.8, 4) is 23.8 Å². The number of hydrogen-bond donors (Lipinski definition) is 0. The monoisotopic (exact) mass is 355 g/mol. The van der Waals surface area contributed by atoms with Crippen molar-refractivity contribution < 1.29 is 18.3 Å². The normalized spacial score (nSPS) is 10.4. The molecule has 7 heteroatoms. The fourth-order valence-electron chi connectivity index (χ4n) is 2.56. The van der Waals surface area contributed by atoms with Crippen molar-refractivity contribution >= 4 is 22.5 Å². The third kappa shape index (κ3) is 2.97. The van der Waals surface area contributed by atoms with Crippen LogP contribution in [-0.2, 0) is 0 Å². The van der Waals surface area contributed by atoms with Crippen molar-refractivity contribution in [3.63, 3.8) is 0 Å². The van der Waals surface area contributed by atoms with Gasteiger partial charge in [0.2, 0.25) is 5.82 Å². The van der Waals surface area contributed by atoms with Crippen LogP contribution in [0, 0.1) is 24.0 Å². The van der Waals surface area contributed by atoms with Gasteiger partial charge in [0, 0.05) is 6.07 Å². The molecule has 0 atom stereocenters. The van der Waals surface area contributed by atoms with Gasteiger partial charge in [0.25, 0.3) is 0 Å². The molecule has 0 bridgehead atoms. The number of nitrogens with zero attached hydrogens (tertiary/aromatic N) is 3. The van der Waals surface area contributed by atoms with Crippen molar-refractivity contribution in [1.82, 2.24) is 9.97 Å². The SMILES string of the molecule is C#CCN(c1cnc2ccccc2n1)c1cc(OC)c(F)c(OC)c1F. The van der Waals surface area contributed by atoms with Gasteiger partial charge in [0.15, 0.2) is 23.1 Å². The molecule has 26 heavy (non-hydrogen) atoms. The predicted octanol–water partition coefficient (Wildman–Crippen LogP) is 3.70. The number of methoxy groups -OCH3 is 2. The zero-order valence-electron chi connectivity index (χ0n) is 14.2. The van der Waals surface area contributed by atoms with E-state index in [2.05, 4.69) is 15.9 Å². The third-order valence-corrected chi connectivity index (χ3v) is 3.78. The molecule has 1 heterocycles. The summed E-state index contributed by atoms with van der Waals surface area (Å²) in [5.74, 6) is 0.194. The van der Waals surface area contributed by atoms with Gasteiger partial charge in [-0.25, -0.2) is 9.37 Å². The number of aromatic nitrogens is 2. The molecule has 0 aliphatic carbocycles. The minimum atomic E-state index is -0.929. The van der Waals surface area contributed by atoms with E-state index in [4.69, 9.17) is 15.9 Å². The maximum absolute atomic E-state index is 14.8. The lowest BCUT2D eigenvalue weighted by molar-refractivity contribution is 0.334. The minimum absolute atomic E-state index is 0.0120. The Morgan fingerprint density at radius 3 is 2.50 bits per heavy atom. The van der Waals surface area contributed by atoms with Crippen LogP contribution in [0.4, 0.5) is 20.3 Å². The van der Waals surface area contributed by atoms with E-state index >= 15 is 0 Å². The molecule has 0 saturated heterocycles. The summed E-state index contributed by atoms with van der Waals surface area (Å²) in [6.45, 7) is -0.0120. The lowest BCUT2D eigenvalue weighted by atomic mass is 10.2. The number of para-hydroxylation sites is 2. The van der Waals surface area contributed by atoms with Crippen molar-refractivity contribution in [2.45, 2.75) is 0 Å². The highest BCUT2D eigenvalue weighted by Gasteiger charge is 2.25. The number of fused-ring (bicyclic) bond motifs is 1. The fourth-order valence-corrected chi connectivity index (χ4v) is 2.56. The van der Waals surface area contributed by atoms with Gasteiger partial charge in [-0.1, -0.05) is 18.1 Å². The molecule has 1 aromatic heterocycles. The van der Waals surface area contributed by atoms with Gasteiger partial charge in [-0.05, 0) is 12.1 Å². The lowest BCUT2D eigenvalue weighted by Crippen LogP contribution is -2.20. The van der Waals surface area contributed by atoms with Crippen LogP contribution in [0.15, 0.2) is 36.5 Å². The molecular formula is C19H15F2N3O2. The van der Waals surface area contributed by atoms with Crippen LogP contribution in [0.3, 0.4) is 0 Å². The second-order valence-electron chi connectivity index (χ2n) is 5.27. The molecule has 0 saturated carbocycles. The second-order valence-corrected chi connectivity index (χ2v) is 5.27. The maximum Gasteiger partial charge on any atom is 0.210 e. The first-order valence-corrected chi connectivity index (χ1v) is 7.63. The molecule has 0 amide bonds. The average Bonchev–Trinajstić information content (AvgIpc) is 2.67. The first-order chi connectivity index (χ1) is 12.6. The Balaban J connectivity index is 2.20. The summed E-state index contributed by atoms with van der Waals surface area (Å²) in [7, 11) is 2.45. The first kappa shape index (κ1) is 17.4. The number of ether oxygens (including phenoxy) is 2. The molecule has 0 N–H and O–H groups in total. The van der Waals surface area contributed by atoms with Crippen molar-refractivity contribution in [2.24, 2.45) is 0 Å². The predicted molar refractivity (Wildman–Crippen MR) is 94.8 cm³/mol. The van der Waals surface area contributed by atoms with Crippen LogP contribution in [-0.4, -0.2) is 30.7 Å². The van der Waals surface area contributed by atoms with Crippen molar-refractivity contribution in [1.29, 1.82) is 0 Å². The molecule has 0 unspecified atom stereocenters. The van der Waals surface area contributed by atoms with Crippen LogP contribution >= 0.6 is 0 Å².